The van der Waals surface area contributed by atoms with Crippen LogP contribution in [0.15, 0.2) is 24.3 Å². The van der Waals surface area contributed by atoms with Gasteiger partial charge in [0.25, 0.3) is 0 Å². The first kappa shape index (κ1) is 14.4. The van der Waals surface area contributed by atoms with E-state index < -0.39 is 0 Å². The van der Waals surface area contributed by atoms with E-state index in [0.29, 0.717) is 5.92 Å². The molecule has 0 saturated carbocycles. The van der Waals surface area contributed by atoms with Crippen LogP contribution in [0.2, 0.25) is 0 Å². The quantitative estimate of drug-likeness (QED) is 0.878. The van der Waals surface area contributed by atoms with Crippen LogP contribution >= 0.6 is 0 Å². The number of anilines is 1. The average Bonchev–Trinajstić information content (AvgIpc) is 2.46. The first-order valence-corrected chi connectivity index (χ1v) is 7.33. The molecular weight excluding hydrogens is 238 g/mol. The topological polar surface area (TPSA) is 43.7 Å². The van der Waals surface area contributed by atoms with Gasteiger partial charge in [-0.3, -0.25) is 0 Å². The van der Waals surface area contributed by atoms with Gasteiger partial charge in [-0.1, -0.05) is 25.1 Å². The second-order valence-electron chi connectivity index (χ2n) is 5.55. The Morgan fingerprint density at radius 2 is 1.84 bits per heavy atom. The van der Waals surface area contributed by atoms with Gasteiger partial charge in [-0.15, -0.1) is 0 Å². The van der Waals surface area contributed by atoms with Crippen LogP contribution in [0.25, 0.3) is 0 Å². The lowest BCUT2D eigenvalue weighted by Gasteiger charge is -2.36. The lowest BCUT2D eigenvalue weighted by molar-refractivity contribution is 0.109. The molecule has 1 aliphatic heterocycles. The maximum atomic E-state index is 10.1. The SMILES string of the molecule is CC[C@H](O)c1ccccc1N1CCC(C(C)O)CC1. The summed E-state index contributed by atoms with van der Waals surface area (Å²) >= 11 is 0. The fraction of sp³-hybridized carbons (Fsp3) is 0.625. The maximum absolute atomic E-state index is 10.1. The van der Waals surface area contributed by atoms with E-state index in [1.165, 1.54) is 0 Å². The molecule has 1 heterocycles. The highest BCUT2D eigenvalue weighted by Gasteiger charge is 2.24. The molecule has 3 nitrogen and oxygen atoms in total. The first-order chi connectivity index (χ1) is 9.13. The van der Waals surface area contributed by atoms with E-state index in [9.17, 15) is 10.2 Å². The lowest BCUT2D eigenvalue weighted by Crippen LogP contribution is -2.37. The summed E-state index contributed by atoms with van der Waals surface area (Å²) in [5, 5.41) is 19.8. The summed E-state index contributed by atoms with van der Waals surface area (Å²) in [6.07, 6.45) is 2.19. The summed E-state index contributed by atoms with van der Waals surface area (Å²) in [5.41, 5.74) is 2.18. The summed E-state index contributed by atoms with van der Waals surface area (Å²) in [6.45, 7) is 5.81. The molecule has 3 heteroatoms. The van der Waals surface area contributed by atoms with Gasteiger partial charge >= 0.3 is 0 Å². The minimum atomic E-state index is -0.384. The number of nitrogens with zero attached hydrogens (tertiary/aromatic N) is 1. The molecule has 1 aromatic carbocycles. The van der Waals surface area contributed by atoms with Gasteiger partial charge in [-0.2, -0.15) is 0 Å². The van der Waals surface area contributed by atoms with Crippen molar-refractivity contribution in [3.63, 3.8) is 0 Å². The molecule has 0 bridgehead atoms. The number of aliphatic hydroxyl groups is 2. The molecule has 19 heavy (non-hydrogen) atoms. The largest absolute Gasteiger partial charge is 0.393 e. The zero-order valence-corrected chi connectivity index (χ0v) is 11.9. The highest BCUT2D eigenvalue weighted by molar-refractivity contribution is 5.54. The molecule has 0 amide bonds. The van der Waals surface area contributed by atoms with Crippen LogP contribution < -0.4 is 4.90 Å². The molecule has 0 radical (unpaired) electrons. The van der Waals surface area contributed by atoms with E-state index in [2.05, 4.69) is 11.0 Å². The summed E-state index contributed by atoms with van der Waals surface area (Å²) in [5.74, 6) is 0.416. The molecule has 1 aromatic rings. The zero-order valence-electron chi connectivity index (χ0n) is 11.9. The van der Waals surface area contributed by atoms with Crippen molar-refractivity contribution in [1.82, 2.24) is 0 Å². The minimum Gasteiger partial charge on any atom is -0.393 e. The van der Waals surface area contributed by atoms with Crippen molar-refractivity contribution < 1.29 is 10.2 Å². The van der Waals surface area contributed by atoms with Gasteiger partial charge in [-0.25, -0.2) is 0 Å². The lowest BCUT2D eigenvalue weighted by atomic mass is 9.91. The van der Waals surface area contributed by atoms with Crippen molar-refractivity contribution in [2.75, 3.05) is 18.0 Å². The van der Waals surface area contributed by atoms with Crippen LogP contribution in [0.5, 0.6) is 0 Å². The van der Waals surface area contributed by atoms with E-state index in [-0.39, 0.29) is 12.2 Å². The second-order valence-corrected chi connectivity index (χ2v) is 5.55. The summed E-state index contributed by atoms with van der Waals surface area (Å²) in [4.78, 5) is 2.34. The molecule has 2 rings (SSSR count). The first-order valence-electron chi connectivity index (χ1n) is 7.33. The van der Waals surface area contributed by atoms with Gasteiger partial charge in [0, 0.05) is 24.3 Å². The van der Waals surface area contributed by atoms with Crippen molar-refractivity contribution in [3.8, 4) is 0 Å². The Kier molecular flexibility index (Phi) is 4.83. The highest BCUT2D eigenvalue weighted by atomic mass is 16.3. The molecule has 1 fully saturated rings. The average molecular weight is 263 g/mol. The molecular formula is C16H25NO2. The molecule has 2 atom stereocenters. The number of rotatable bonds is 4. The standard InChI is InChI=1S/C16H25NO2/c1-3-16(19)14-6-4-5-7-15(14)17-10-8-13(9-11-17)12(2)18/h4-7,12-13,16,18-19H,3,8-11H2,1-2H3/t12?,16-/m0/s1. The Labute approximate surface area is 115 Å². The highest BCUT2D eigenvalue weighted by Crippen LogP contribution is 2.31. The Morgan fingerprint density at radius 1 is 1.21 bits per heavy atom. The molecule has 0 aromatic heterocycles. The molecule has 2 N–H and O–H groups in total. The van der Waals surface area contributed by atoms with E-state index >= 15 is 0 Å². The van der Waals surface area contributed by atoms with Crippen molar-refractivity contribution in [2.45, 2.75) is 45.3 Å². The van der Waals surface area contributed by atoms with E-state index in [1.807, 2.05) is 32.0 Å². The number of piperidine rings is 1. The van der Waals surface area contributed by atoms with Crippen LogP contribution in [0.3, 0.4) is 0 Å². The van der Waals surface area contributed by atoms with E-state index in [1.54, 1.807) is 0 Å². The van der Waals surface area contributed by atoms with Gasteiger partial charge in [0.15, 0.2) is 0 Å². The molecule has 1 unspecified atom stereocenters. The molecule has 1 saturated heterocycles. The van der Waals surface area contributed by atoms with Crippen LogP contribution in [0, 0.1) is 5.92 Å². The Balaban J connectivity index is 2.11. The molecule has 0 spiro atoms. The van der Waals surface area contributed by atoms with E-state index in [0.717, 1.165) is 43.6 Å². The Hall–Kier alpha value is -1.06. The smallest absolute Gasteiger partial charge is 0.0807 e. The summed E-state index contributed by atoms with van der Waals surface area (Å²) < 4.78 is 0. The monoisotopic (exact) mass is 263 g/mol. The maximum Gasteiger partial charge on any atom is 0.0807 e. The molecule has 0 aliphatic carbocycles. The number of benzene rings is 1. The fourth-order valence-corrected chi connectivity index (χ4v) is 2.90. The van der Waals surface area contributed by atoms with Crippen LogP contribution in [-0.2, 0) is 0 Å². The minimum absolute atomic E-state index is 0.210. The van der Waals surface area contributed by atoms with Gasteiger partial charge in [0.05, 0.1) is 12.2 Å². The third kappa shape index (κ3) is 3.28. The van der Waals surface area contributed by atoms with Crippen molar-refractivity contribution in [3.05, 3.63) is 29.8 Å². The van der Waals surface area contributed by atoms with Crippen molar-refractivity contribution >= 4 is 5.69 Å². The number of para-hydroxylation sites is 1. The second kappa shape index (κ2) is 6.40. The predicted molar refractivity (Wildman–Crippen MR) is 78.3 cm³/mol. The van der Waals surface area contributed by atoms with Gasteiger partial charge in [0.1, 0.15) is 0 Å². The Bertz CT molecular complexity index is 397. The van der Waals surface area contributed by atoms with Crippen molar-refractivity contribution in [2.24, 2.45) is 5.92 Å². The van der Waals surface area contributed by atoms with Gasteiger partial charge in [-0.05, 0) is 38.2 Å². The van der Waals surface area contributed by atoms with Gasteiger partial charge < -0.3 is 15.1 Å². The third-order valence-corrected chi connectivity index (χ3v) is 4.24. The predicted octanol–water partition coefficient (Wildman–Crippen LogP) is 2.73. The molecule has 1 aliphatic rings. The fourth-order valence-electron chi connectivity index (χ4n) is 2.90. The van der Waals surface area contributed by atoms with Crippen LogP contribution in [0.1, 0.15) is 44.8 Å². The van der Waals surface area contributed by atoms with Crippen LogP contribution in [-0.4, -0.2) is 29.4 Å². The Morgan fingerprint density at radius 3 is 2.42 bits per heavy atom. The normalized spacial score (nSPS) is 20.3. The third-order valence-electron chi connectivity index (χ3n) is 4.24. The molecule has 106 valence electrons. The number of hydrogen-bond acceptors (Lipinski definition) is 3. The van der Waals surface area contributed by atoms with Crippen molar-refractivity contribution in [1.29, 1.82) is 0 Å². The van der Waals surface area contributed by atoms with Gasteiger partial charge in [0.2, 0.25) is 0 Å². The number of aliphatic hydroxyl groups excluding tert-OH is 2. The zero-order chi connectivity index (χ0) is 13.8. The number of hydrogen-bond donors (Lipinski definition) is 2. The van der Waals surface area contributed by atoms with Crippen LogP contribution in [0.4, 0.5) is 5.69 Å². The van der Waals surface area contributed by atoms with E-state index in [4.69, 9.17) is 0 Å². The summed E-state index contributed by atoms with van der Waals surface area (Å²) in [7, 11) is 0. The summed E-state index contributed by atoms with van der Waals surface area (Å²) in [6, 6.07) is 8.13.